The zero-order chi connectivity index (χ0) is 15.4. The van der Waals surface area contributed by atoms with Gasteiger partial charge in [0.2, 0.25) is 0 Å². The average molecular weight is 309 g/mol. The Balaban J connectivity index is 1.96. The number of nitrogens with one attached hydrogen (secondary N) is 3. The quantitative estimate of drug-likeness (QED) is 0.663. The molecule has 112 valence electrons. The smallest absolute Gasteiger partial charge is 0.326 e. The van der Waals surface area contributed by atoms with Gasteiger partial charge in [0.05, 0.1) is 12.0 Å². The number of hydrogen-bond acceptors (Lipinski definition) is 5. The summed E-state index contributed by atoms with van der Waals surface area (Å²) in [5, 5.41) is 14.5. The zero-order valence-electron chi connectivity index (χ0n) is 11.5. The van der Waals surface area contributed by atoms with Crippen LogP contribution in [0.2, 0.25) is 0 Å². The number of carbonyl (C=O) groups excluding carboxylic acids is 1. The zero-order valence-corrected chi connectivity index (χ0v) is 12.3. The molecule has 1 unspecified atom stereocenters. The van der Waals surface area contributed by atoms with E-state index in [1.165, 1.54) is 23.9 Å². The number of aromatic amines is 1. The van der Waals surface area contributed by atoms with Crippen LogP contribution in [0.3, 0.4) is 0 Å². The number of carbonyl (C=O) groups is 2. The molecule has 0 aliphatic carbocycles. The van der Waals surface area contributed by atoms with Gasteiger partial charge in [-0.3, -0.25) is 5.32 Å². The Kier molecular flexibility index (Phi) is 4.53. The first-order valence-electron chi connectivity index (χ1n) is 6.17. The number of H-pyrrole nitrogens is 1. The Morgan fingerprint density at radius 1 is 1.48 bits per heavy atom. The molecule has 0 aliphatic heterocycles. The highest BCUT2D eigenvalue weighted by Crippen LogP contribution is 2.20. The number of thiazole rings is 1. The number of hydrogen-bond donors (Lipinski definition) is 4. The highest BCUT2D eigenvalue weighted by molar-refractivity contribution is 7.15. The number of aryl methyl sites for hydroxylation is 2. The van der Waals surface area contributed by atoms with Gasteiger partial charge in [-0.1, -0.05) is 0 Å². The molecule has 0 saturated carbocycles. The number of nitrogens with zero attached hydrogens (tertiary/aromatic N) is 2. The van der Waals surface area contributed by atoms with Gasteiger partial charge >= 0.3 is 12.0 Å². The molecule has 2 aromatic rings. The molecule has 9 heteroatoms. The van der Waals surface area contributed by atoms with Crippen LogP contribution < -0.4 is 10.6 Å². The summed E-state index contributed by atoms with van der Waals surface area (Å²) in [5.41, 5.74) is 1.46. The molecule has 2 aromatic heterocycles. The maximum absolute atomic E-state index is 11.8. The lowest BCUT2D eigenvalue weighted by molar-refractivity contribution is -0.139. The van der Waals surface area contributed by atoms with E-state index in [0.29, 0.717) is 10.8 Å². The van der Waals surface area contributed by atoms with E-state index in [-0.39, 0.29) is 6.42 Å². The SMILES string of the molecule is Cc1nc(NC(=O)NC(Cc2cnc[nH]2)C(=O)O)sc1C. The summed E-state index contributed by atoms with van der Waals surface area (Å²) >= 11 is 1.34. The van der Waals surface area contributed by atoms with Crippen LogP contribution in [0.15, 0.2) is 12.5 Å². The third-order valence-corrected chi connectivity index (χ3v) is 3.82. The molecular weight excluding hydrogens is 294 g/mol. The van der Waals surface area contributed by atoms with Crippen molar-refractivity contribution in [2.24, 2.45) is 0 Å². The van der Waals surface area contributed by atoms with Crippen LogP contribution in [0.25, 0.3) is 0 Å². The van der Waals surface area contributed by atoms with Gasteiger partial charge in [0.15, 0.2) is 5.13 Å². The summed E-state index contributed by atoms with van der Waals surface area (Å²) in [7, 11) is 0. The van der Waals surface area contributed by atoms with Crippen LogP contribution in [0, 0.1) is 13.8 Å². The Bertz CT molecular complexity index is 618. The highest BCUT2D eigenvalue weighted by atomic mass is 32.1. The minimum atomic E-state index is -1.12. The summed E-state index contributed by atoms with van der Waals surface area (Å²) in [6, 6.07) is -1.65. The van der Waals surface area contributed by atoms with Crippen molar-refractivity contribution in [1.82, 2.24) is 20.3 Å². The maximum Gasteiger partial charge on any atom is 0.326 e. The van der Waals surface area contributed by atoms with Crippen LogP contribution >= 0.6 is 11.3 Å². The van der Waals surface area contributed by atoms with E-state index >= 15 is 0 Å². The van der Waals surface area contributed by atoms with Gasteiger partial charge in [0.1, 0.15) is 6.04 Å². The van der Waals surface area contributed by atoms with E-state index in [1.807, 2.05) is 13.8 Å². The predicted octanol–water partition coefficient (Wildman–Crippen LogP) is 1.30. The van der Waals surface area contributed by atoms with Gasteiger partial charge < -0.3 is 15.4 Å². The Hall–Kier alpha value is -2.42. The number of carboxylic acids is 1. The van der Waals surface area contributed by atoms with Gasteiger partial charge in [-0.05, 0) is 13.8 Å². The lowest BCUT2D eigenvalue weighted by atomic mass is 10.2. The lowest BCUT2D eigenvalue weighted by Gasteiger charge is -2.13. The molecule has 0 aromatic carbocycles. The maximum atomic E-state index is 11.8. The predicted molar refractivity (Wildman–Crippen MR) is 77.5 cm³/mol. The molecule has 1 atom stereocenters. The standard InChI is InChI=1S/C12H15N5O3S/c1-6-7(2)21-12(15-6)17-11(20)16-9(10(18)19)3-8-4-13-5-14-8/h4-5,9H,3H2,1-2H3,(H,13,14)(H,18,19)(H2,15,16,17,20). The van der Waals surface area contributed by atoms with E-state index in [4.69, 9.17) is 5.11 Å². The van der Waals surface area contributed by atoms with Crippen molar-refractivity contribution in [2.45, 2.75) is 26.3 Å². The minimum Gasteiger partial charge on any atom is -0.480 e. The van der Waals surface area contributed by atoms with Gasteiger partial charge in [-0.2, -0.15) is 0 Å². The number of amides is 2. The van der Waals surface area contributed by atoms with Crippen molar-refractivity contribution in [2.75, 3.05) is 5.32 Å². The molecule has 2 rings (SSSR count). The highest BCUT2D eigenvalue weighted by Gasteiger charge is 2.21. The fourth-order valence-corrected chi connectivity index (χ4v) is 2.44. The molecule has 4 N–H and O–H groups in total. The number of anilines is 1. The van der Waals surface area contributed by atoms with Gasteiger partial charge in [-0.15, -0.1) is 11.3 Å². The monoisotopic (exact) mass is 309 g/mol. The first kappa shape index (κ1) is 15.0. The second kappa shape index (κ2) is 6.35. The van der Waals surface area contributed by atoms with E-state index < -0.39 is 18.0 Å². The normalized spacial score (nSPS) is 11.9. The molecule has 0 radical (unpaired) electrons. The van der Waals surface area contributed by atoms with E-state index in [0.717, 1.165) is 10.6 Å². The van der Waals surface area contributed by atoms with E-state index in [9.17, 15) is 9.59 Å². The van der Waals surface area contributed by atoms with Crippen LogP contribution in [-0.4, -0.2) is 38.1 Å². The van der Waals surface area contributed by atoms with E-state index in [2.05, 4.69) is 25.6 Å². The number of rotatable bonds is 5. The third kappa shape index (κ3) is 4.02. The average Bonchev–Trinajstić information content (AvgIpc) is 2.99. The summed E-state index contributed by atoms with van der Waals surface area (Å²) in [6.07, 6.45) is 3.09. The molecule has 2 amide bonds. The van der Waals surface area contributed by atoms with E-state index in [1.54, 1.807) is 0 Å². The molecule has 2 heterocycles. The molecule has 21 heavy (non-hydrogen) atoms. The number of carboxylic acid groups (broad SMARTS) is 1. The van der Waals surface area contributed by atoms with Crippen molar-refractivity contribution in [3.05, 3.63) is 28.8 Å². The number of imidazole rings is 1. The van der Waals surface area contributed by atoms with Crippen molar-refractivity contribution in [3.63, 3.8) is 0 Å². The fraction of sp³-hybridized carbons (Fsp3) is 0.333. The second-order valence-electron chi connectivity index (χ2n) is 4.43. The topological polar surface area (TPSA) is 120 Å². The Labute approximate surface area is 124 Å². The molecule has 0 fully saturated rings. The number of aliphatic carboxylic acids is 1. The molecule has 8 nitrogen and oxygen atoms in total. The van der Waals surface area contributed by atoms with Crippen LogP contribution in [0.5, 0.6) is 0 Å². The molecule has 0 saturated heterocycles. The molecule has 0 bridgehead atoms. The van der Waals surface area contributed by atoms with Crippen LogP contribution in [-0.2, 0) is 11.2 Å². The van der Waals surface area contributed by atoms with Crippen molar-refractivity contribution >= 4 is 28.5 Å². The molecule has 0 spiro atoms. The first-order chi connectivity index (χ1) is 9.95. The fourth-order valence-electron chi connectivity index (χ4n) is 1.63. The largest absolute Gasteiger partial charge is 0.480 e. The third-order valence-electron chi connectivity index (χ3n) is 2.83. The second-order valence-corrected chi connectivity index (χ2v) is 5.63. The molecule has 0 aliphatic rings. The number of urea groups is 1. The van der Waals surface area contributed by atoms with Crippen molar-refractivity contribution in [1.29, 1.82) is 0 Å². The lowest BCUT2D eigenvalue weighted by Crippen LogP contribution is -2.44. The Morgan fingerprint density at radius 2 is 2.24 bits per heavy atom. The van der Waals surface area contributed by atoms with Crippen molar-refractivity contribution < 1.29 is 14.7 Å². The summed E-state index contributed by atoms with van der Waals surface area (Å²) < 4.78 is 0. The van der Waals surface area contributed by atoms with Crippen molar-refractivity contribution in [3.8, 4) is 0 Å². The van der Waals surface area contributed by atoms with Crippen LogP contribution in [0.4, 0.5) is 9.93 Å². The number of aromatic nitrogens is 3. The summed E-state index contributed by atoms with van der Waals surface area (Å²) in [6.45, 7) is 3.74. The van der Waals surface area contributed by atoms with Crippen LogP contribution in [0.1, 0.15) is 16.3 Å². The summed E-state index contributed by atoms with van der Waals surface area (Å²) in [5.74, 6) is -1.12. The summed E-state index contributed by atoms with van der Waals surface area (Å²) in [4.78, 5) is 34.8. The van der Waals surface area contributed by atoms with Gasteiger partial charge in [0, 0.05) is 23.2 Å². The van der Waals surface area contributed by atoms with Gasteiger partial charge in [-0.25, -0.2) is 19.6 Å². The molecular formula is C12H15N5O3S. The first-order valence-corrected chi connectivity index (χ1v) is 6.99. The van der Waals surface area contributed by atoms with Gasteiger partial charge in [0.25, 0.3) is 0 Å². The Morgan fingerprint density at radius 3 is 2.76 bits per heavy atom. The minimum absolute atomic E-state index is 0.124.